The van der Waals surface area contributed by atoms with Gasteiger partial charge in [0.05, 0.1) is 25.1 Å². The van der Waals surface area contributed by atoms with Crippen LogP contribution in [0.5, 0.6) is 0 Å². The zero-order valence-corrected chi connectivity index (χ0v) is 28.1. The molecule has 1 aliphatic heterocycles. The Kier molecular flexibility index (Phi) is 9.96. The summed E-state index contributed by atoms with van der Waals surface area (Å²) in [6.45, 7) is 21.5. The van der Waals surface area contributed by atoms with Gasteiger partial charge in [-0.15, -0.1) is 9.05 Å². The van der Waals surface area contributed by atoms with Gasteiger partial charge in [0.25, 0.3) is 5.56 Å². The summed E-state index contributed by atoms with van der Waals surface area (Å²) in [6, 6.07) is 1.95. The average molecular weight is 613 g/mol. The number of aromatic amines is 1. The van der Waals surface area contributed by atoms with Crippen LogP contribution >= 0.6 is 8.25 Å². The molecule has 12 nitrogen and oxygen atoms in total. The van der Waals surface area contributed by atoms with Crippen molar-refractivity contribution in [3.63, 3.8) is 0 Å². The highest BCUT2D eigenvalue weighted by atomic mass is 31.1. The van der Waals surface area contributed by atoms with E-state index in [1.165, 1.54) is 12.7 Å². The van der Waals surface area contributed by atoms with Crippen LogP contribution in [0, 0.1) is 11.3 Å². The third-order valence-corrected chi connectivity index (χ3v) is 17.9. The van der Waals surface area contributed by atoms with E-state index in [0.29, 0.717) is 5.65 Å². The Morgan fingerprint density at radius 2 is 1.65 bits per heavy atom. The molecule has 5 atom stereocenters. The maximum absolute atomic E-state index is 12.4. The molecule has 2 aromatic heterocycles. The number of rotatable bonds is 11. The molecule has 0 amide bonds. The van der Waals surface area contributed by atoms with E-state index in [9.17, 15) is 9.36 Å². The zero-order valence-electron chi connectivity index (χ0n) is 25.2. The standard InChI is InChI=1S/C25H42N5O7PSi2/c1-24(2,3)39(7,8)36-19-17(14-34-38(32)33-13-11-12-26)35-23(20(19)37-40(9,10)25(4,5)6)30-16-29-18-21(30)27-15-28-22(18)31/h15-17,19-20,23H,11,13-14H2,1-10H3/p+1. The Balaban J connectivity index is 2.07. The number of fused-ring (bicyclic) bond motifs is 1. The Morgan fingerprint density at radius 3 is 2.23 bits per heavy atom. The van der Waals surface area contributed by atoms with E-state index in [1.807, 2.05) is 6.07 Å². The molecule has 3 heterocycles. The molecule has 5 unspecified atom stereocenters. The van der Waals surface area contributed by atoms with Gasteiger partial charge in [0.1, 0.15) is 31.5 Å². The number of hydrogen-bond donors (Lipinski definition) is 1. The quantitative estimate of drug-likeness (QED) is 0.198. The van der Waals surface area contributed by atoms with E-state index in [4.69, 9.17) is 27.9 Å². The van der Waals surface area contributed by atoms with Gasteiger partial charge in [-0.1, -0.05) is 41.5 Å². The van der Waals surface area contributed by atoms with Crippen molar-refractivity contribution in [1.29, 1.82) is 5.26 Å². The molecule has 40 heavy (non-hydrogen) atoms. The van der Waals surface area contributed by atoms with Gasteiger partial charge in [-0.2, -0.15) is 5.26 Å². The molecule has 1 N–H and O–H groups in total. The highest BCUT2D eigenvalue weighted by Crippen LogP contribution is 2.46. The largest absolute Gasteiger partial charge is 0.697 e. The summed E-state index contributed by atoms with van der Waals surface area (Å²) in [5.41, 5.74) is 0.188. The molecule has 0 bridgehead atoms. The lowest BCUT2D eigenvalue weighted by molar-refractivity contribution is -0.0460. The van der Waals surface area contributed by atoms with Gasteiger partial charge in [0.2, 0.25) is 0 Å². The summed E-state index contributed by atoms with van der Waals surface area (Å²) >= 11 is 0. The van der Waals surface area contributed by atoms with Crippen molar-refractivity contribution in [1.82, 2.24) is 19.5 Å². The fourth-order valence-electron chi connectivity index (χ4n) is 3.75. The fraction of sp³-hybridized carbons (Fsp3) is 0.760. The lowest BCUT2D eigenvalue weighted by Crippen LogP contribution is -2.54. The highest BCUT2D eigenvalue weighted by molar-refractivity contribution is 7.33. The van der Waals surface area contributed by atoms with Crippen LogP contribution in [0.25, 0.3) is 11.2 Å². The summed E-state index contributed by atoms with van der Waals surface area (Å²) in [5, 5.41) is 8.51. The van der Waals surface area contributed by atoms with Gasteiger partial charge in [-0.25, -0.2) is 9.97 Å². The van der Waals surface area contributed by atoms with Gasteiger partial charge in [-0.3, -0.25) is 9.36 Å². The number of nitrogens with zero attached hydrogens (tertiary/aromatic N) is 4. The number of aromatic nitrogens is 4. The van der Waals surface area contributed by atoms with Gasteiger partial charge in [0.15, 0.2) is 34.0 Å². The number of hydrogen-bond acceptors (Lipinski definition) is 10. The maximum atomic E-state index is 12.4. The second-order valence-corrected chi connectivity index (χ2v) is 23.5. The maximum Gasteiger partial charge on any atom is 0.697 e. The number of H-pyrrole nitrogens is 1. The Labute approximate surface area is 238 Å². The molecule has 0 aromatic carbocycles. The predicted octanol–water partition coefficient (Wildman–Crippen LogP) is 5.40. The lowest BCUT2D eigenvalue weighted by atomic mass is 10.1. The molecule has 2 aromatic rings. The Morgan fingerprint density at radius 1 is 1.05 bits per heavy atom. The third-order valence-electron chi connectivity index (χ3n) is 8.15. The van der Waals surface area contributed by atoms with Crippen LogP contribution in [0.15, 0.2) is 17.4 Å². The van der Waals surface area contributed by atoms with Crippen LogP contribution in [0.2, 0.25) is 36.3 Å². The zero-order chi connectivity index (χ0) is 30.1. The minimum absolute atomic E-state index is 0.00208. The van der Waals surface area contributed by atoms with Crippen LogP contribution in [-0.2, 0) is 27.2 Å². The molecule has 3 rings (SSSR count). The van der Waals surface area contributed by atoms with E-state index in [-0.39, 0.29) is 40.8 Å². The number of nitrogens with one attached hydrogen (secondary N) is 1. The minimum atomic E-state index is -2.47. The first-order valence-corrected chi connectivity index (χ1v) is 20.3. The van der Waals surface area contributed by atoms with E-state index in [1.54, 1.807) is 4.57 Å². The summed E-state index contributed by atoms with van der Waals surface area (Å²) < 4.78 is 45.4. The molecule has 0 saturated carbocycles. The first-order chi connectivity index (χ1) is 18.4. The van der Waals surface area contributed by atoms with Crippen molar-refractivity contribution >= 4 is 36.1 Å². The van der Waals surface area contributed by atoms with Crippen molar-refractivity contribution in [2.45, 2.75) is 109 Å². The van der Waals surface area contributed by atoms with Gasteiger partial charge < -0.3 is 18.6 Å². The van der Waals surface area contributed by atoms with E-state index < -0.39 is 49.4 Å². The first-order valence-electron chi connectivity index (χ1n) is 13.4. The molecule has 0 spiro atoms. The Bertz CT molecular complexity index is 1300. The topological polar surface area (TPSA) is 151 Å². The second kappa shape index (κ2) is 12.2. The van der Waals surface area contributed by atoms with Gasteiger partial charge in [-0.05, 0) is 36.3 Å². The second-order valence-electron chi connectivity index (χ2n) is 13.1. The normalized spacial score (nSPS) is 23.0. The number of ether oxygens (including phenoxy) is 1. The average Bonchev–Trinajstić information content (AvgIpc) is 3.38. The van der Waals surface area contributed by atoms with Crippen LogP contribution in [0.3, 0.4) is 0 Å². The molecule has 0 radical (unpaired) electrons. The van der Waals surface area contributed by atoms with Crippen molar-refractivity contribution < 1.29 is 27.2 Å². The predicted molar refractivity (Wildman–Crippen MR) is 156 cm³/mol. The summed E-state index contributed by atoms with van der Waals surface area (Å²) in [4.78, 5) is 23.6. The van der Waals surface area contributed by atoms with E-state index in [0.717, 1.165) is 0 Å². The number of nitriles is 1. The van der Waals surface area contributed by atoms with E-state index in [2.05, 4.69) is 82.7 Å². The van der Waals surface area contributed by atoms with E-state index >= 15 is 0 Å². The van der Waals surface area contributed by atoms with Crippen molar-refractivity contribution in [3.8, 4) is 6.07 Å². The SMILES string of the molecule is CC(C)(C)[Si](C)(C)OC1C(CO[P+](=O)OCCC#N)OC(n2cnc3c(=O)[nH]cnc32)C1O[Si](C)(C)C(C)(C)C. The molecule has 1 fully saturated rings. The fourth-order valence-corrected chi connectivity index (χ4v) is 6.94. The summed E-state index contributed by atoms with van der Waals surface area (Å²) in [5.74, 6) is 0. The van der Waals surface area contributed by atoms with Crippen LogP contribution in [-0.4, -0.2) is 67.7 Å². The molecule has 222 valence electrons. The molecular formula is C25H43N5O7PSi2+. The van der Waals surface area contributed by atoms with Crippen molar-refractivity contribution in [3.05, 3.63) is 23.0 Å². The monoisotopic (exact) mass is 612 g/mol. The molecular weight excluding hydrogens is 569 g/mol. The molecule has 0 aliphatic carbocycles. The summed E-state index contributed by atoms with van der Waals surface area (Å²) in [7, 11) is -7.22. The molecule has 1 aliphatic rings. The van der Waals surface area contributed by atoms with Crippen LogP contribution in [0.1, 0.15) is 54.2 Å². The third kappa shape index (κ3) is 7.14. The van der Waals surface area contributed by atoms with Gasteiger partial charge >= 0.3 is 8.25 Å². The smallest absolute Gasteiger partial charge is 0.408 e. The van der Waals surface area contributed by atoms with Crippen molar-refractivity contribution in [2.24, 2.45) is 0 Å². The molecule has 1 saturated heterocycles. The molecule has 15 heteroatoms. The van der Waals surface area contributed by atoms with Gasteiger partial charge in [0, 0.05) is 4.57 Å². The highest BCUT2D eigenvalue weighted by Gasteiger charge is 2.55. The van der Waals surface area contributed by atoms with Crippen LogP contribution in [0.4, 0.5) is 0 Å². The first kappa shape index (κ1) is 32.7. The lowest BCUT2D eigenvalue weighted by Gasteiger charge is -2.44. The summed E-state index contributed by atoms with van der Waals surface area (Å²) in [6.07, 6.45) is 0.362. The number of imidazole rings is 1. The Hall–Kier alpha value is -1.83. The van der Waals surface area contributed by atoms with Crippen molar-refractivity contribution in [2.75, 3.05) is 13.2 Å². The minimum Gasteiger partial charge on any atom is -0.408 e. The van der Waals surface area contributed by atoms with Crippen LogP contribution < -0.4 is 5.56 Å².